The molecule has 7 nitrogen and oxygen atoms in total. The highest BCUT2D eigenvalue weighted by atomic mass is 16.5. The molecule has 1 heterocycles. The summed E-state index contributed by atoms with van der Waals surface area (Å²) < 4.78 is 17.4. The quantitative estimate of drug-likeness (QED) is 0.666. The Morgan fingerprint density at radius 1 is 0.931 bits per heavy atom. The number of amides is 1. The van der Waals surface area contributed by atoms with Gasteiger partial charge in [0.2, 0.25) is 5.75 Å². The SMILES string of the molecule is COc1cc(NC(=O)c2cccn(Cc3ccccc3)c2=O)cc(OC)c1OC. The smallest absolute Gasteiger partial charge is 0.263 e. The first-order valence-electron chi connectivity index (χ1n) is 8.92. The minimum Gasteiger partial charge on any atom is -0.493 e. The molecule has 0 aliphatic carbocycles. The number of carbonyl (C=O) groups excluding carboxylic acids is 1. The molecule has 150 valence electrons. The molecule has 3 aromatic rings. The van der Waals surface area contributed by atoms with Crippen molar-refractivity contribution >= 4 is 11.6 Å². The molecule has 0 bridgehead atoms. The van der Waals surface area contributed by atoms with Gasteiger partial charge in [-0.15, -0.1) is 0 Å². The van der Waals surface area contributed by atoms with E-state index in [0.29, 0.717) is 29.5 Å². The molecule has 29 heavy (non-hydrogen) atoms. The molecular weight excluding hydrogens is 372 g/mol. The summed E-state index contributed by atoms with van der Waals surface area (Å²) in [7, 11) is 4.47. The van der Waals surface area contributed by atoms with Gasteiger partial charge in [0, 0.05) is 24.0 Å². The minimum absolute atomic E-state index is 0.0391. The molecule has 0 fully saturated rings. The van der Waals surface area contributed by atoms with Crippen molar-refractivity contribution in [2.45, 2.75) is 6.54 Å². The number of methoxy groups -OCH3 is 3. The normalized spacial score (nSPS) is 10.3. The Bertz CT molecular complexity index is 1040. The first kappa shape index (κ1) is 20.0. The summed E-state index contributed by atoms with van der Waals surface area (Å²) in [6.45, 7) is 0.380. The molecule has 0 unspecified atom stereocenters. The van der Waals surface area contributed by atoms with E-state index in [4.69, 9.17) is 14.2 Å². The van der Waals surface area contributed by atoms with Crippen molar-refractivity contribution in [1.29, 1.82) is 0 Å². The zero-order chi connectivity index (χ0) is 20.8. The standard InChI is InChI=1S/C22H22N2O5/c1-27-18-12-16(13-19(28-2)20(18)29-3)23-21(25)17-10-7-11-24(22(17)26)14-15-8-5-4-6-9-15/h4-13H,14H2,1-3H3,(H,23,25). The molecule has 0 atom stereocenters. The number of nitrogens with one attached hydrogen (secondary N) is 1. The predicted molar refractivity (Wildman–Crippen MR) is 110 cm³/mol. The molecule has 7 heteroatoms. The summed E-state index contributed by atoms with van der Waals surface area (Å²) in [5, 5.41) is 2.72. The summed E-state index contributed by atoms with van der Waals surface area (Å²) in [6, 6.07) is 15.9. The van der Waals surface area contributed by atoms with Crippen LogP contribution in [-0.4, -0.2) is 31.8 Å². The summed E-state index contributed by atoms with van der Waals surface area (Å²) in [5.74, 6) is 0.693. The van der Waals surface area contributed by atoms with E-state index in [1.165, 1.54) is 32.0 Å². The maximum Gasteiger partial charge on any atom is 0.263 e. The fourth-order valence-electron chi connectivity index (χ4n) is 2.97. The van der Waals surface area contributed by atoms with Crippen LogP contribution in [0.3, 0.4) is 0 Å². The maximum atomic E-state index is 12.8. The van der Waals surface area contributed by atoms with Crippen LogP contribution in [0.15, 0.2) is 65.6 Å². The van der Waals surface area contributed by atoms with Crippen molar-refractivity contribution in [1.82, 2.24) is 4.57 Å². The lowest BCUT2D eigenvalue weighted by Crippen LogP contribution is -2.29. The van der Waals surface area contributed by atoms with E-state index in [9.17, 15) is 9.59 Å². The average molecular weight is 394 g/mol. The van der Waals surface area contributed by atoms with Gasteiger partial charge in [-0.05, 0) is 17.7 Å². The number of carbonyl (C=O) groups is 1. The zero-order valence-electron chi connectivity index (χ0n) is 16.5. The van der Waals surface area contributed by atoms with Crippen LogP contribution in [0.25, 0.3) is 0 Å². The van der Waals surface area contributed by atoms with Crippen LogP contribution >= 0.6 is 0 Å². The molecule has 1 aromatic heterocycles. The van der Waals surface area contributed by atoms with Gasteiger partial charge in [-0.25, -0.2) is 0 Å². The monoisotopic (exact) mass is 394 g/mol. The van der Waals surface area contributed by atoms with Gasteiger partial charge < -0.3 is 24.1 Å². The Morgan fingerprint density at radius 3 is 2.17 bits per heavy atom. The average Bonchev–Trinajstić information content (AvgIpc) is 2.75. The van der Waals surface area contributed by atoms with Gasteiger partial charge in [-0.2, -0.15) is 0 Å². The van der Waals surface area contributed by atoms with E-state index in [1.807, 2.05) is 30.3 Å². The largest absolute Gasteiger partial charge is 0.493 e. The lowest BCUT2D eigenvalue weighted by atomic mass is 10.2. The molecule has 1 amide bonds. The Labute approximate surface area is 168 Å². The van der Waals surface area contributed by atoms with E-state index in [1.54, 1.807) is 24.4 Å². The number of aromatic nitrogens is 1. The Hall–Kier alpha value is -3.74. The van der Waals surface area contributed by atoms with Crippen molar-refractivity contribution in [2.24, 2.45) is 0 Å². The lowest BCUT2D eigenvalue weighted by Gasteiger charge is -2.15. The number of benzene rings is 2. The Morgan fingerprint density at radius 2 is 1.59 bits per heavy atom. The fourth-order valence-corrected chi connectivity index (χ4v) is 2.97. The van der Waals surface area contributed by atoms with Crippen LogP contribution in [0.4, 0.5) is 5.69 Å². The molecule has 0 aliphatic heterocycles. The van der Waals surface area contributed by atoms with E-state index in [0.717, 1.165) is 5.56 Å². The predicted octanol–water partition coefficient (Wildman–Crippen LogP) is 3.17. The number of anilines is 1. The van der Waals surface area contributed by atoms with Gasteiger partial charge >= 0.3 is 0 Å². The van der Waals surface area contributed by atoms with Crippen molar-refractivity contribution in [2.75, 3.05) is 26.6 Å². The minimum atomic E-state index is -0.522. The third-order valence-electron chi connectivity index (χ3n) is 4.38. The second-order valence-corrected chi connectivity index (χ2v) is 6.21. The van der Waals surface area contributed by atoms with Crippen molar-refractivity contribution in [3.05, 3.63) is 82.3 Å². The second kappa shape index (κ2) is 8.97. The van der Waals surface area contributed by atoms with Crippen LogP contribution in [0.5, 0.6) is 17.2 Å². The molecule has 0 spiro atoms. The molecule has 0 radical (unpaired) electrons. The Kier molecular flexibility index (Phi) is 6.19. The van der Waals surface area contributed by atoms with Crippen molar-refractivity contribution < 1.29 is 19.0 Å². The number of nitrogens with zero attached hydrogens (tertiary/aromatic N) is 1. The van der Waals surface area contributed by atoms with E-state index >= 15 is 0 Å². The molecule has 3 rings (SSSR count). The number of pyridine rings is 1. The van der Waals surface area contributed by atoms with Crippen LogP contribution in [0, 0.1) is 0 Å². The van der Waals surface area contributed by atoms with Crippen LogP contribution in [0.1, 0.15) is 15.9 Å². The number of rotatable bonds is 7. The molecule has 2 aromatic carbocycles. The zero-order valence-corrected chi connectivity index (χ0v) is 16.5. The van der Waals surface area contributed by atoms with Gasteiger partial charge in [0.25, 0.3) is 11.5 Å². The molecule has 0 aliphatic rings. The van der Waals surface area contributed by atoms with Gasteiger partial charge in [0.05, 0.1) is 27.9 Å². The third kappa shape index (κ3) is 4.40. The molecular formula is C22H22N2O5. The topological polar surface area (TPSA) is 78.8 Å². The van der Waals surface area contributed by atoms with Crippen LogP contribution in [-0.2, 0) is 6.54 Å². The highest BCUT2D eigenvalue weighted by molar-refractivity contribution is 6.04. The van der Waals surface area contributed by atoms with Gasteiger partial charge in [0.15, 0.2) is 11.5 Å². The molecule has 1 N–H and O–H groups in total. The number of hydrogen-bond donors (Lipinski definition) is 1. The first-order valence-corrected chi connectivity index (χ1v) is 8.92. The second-order valence-electron chi connectivity index (χ2n) is 6.21. The highest BCUT2D eigenvalue weighted by Gasteiger charge is 2.17. The summed E-state index contributed by atoms with van der Waals surface area (Å²) in [5.41, 5.74) is 1.05. The summed E-state index contributed by atoms with van der Waals surface area (Å²) >= 11 is 0. The fraction of sp³-hybridized carbons (Fsp3) is 0.182. The highest BCUT2D eigenvalue weighted by Crippen LogP contribution is 2.39. The Balaban J connectivity index is 1.88. The van der Waals surface area contributed by atoms with Gasteiger partial charge in [0.1, 0.15) is 5.56 Å². The van der Waals surface area contributed by atoms with Crippen molar-refractivity contribution in [3.8, 4) is 17.2 Å². The van der Waals surface area contributed by atoms with Gasteiger partial charge in [-0.1, -0.05) is 30.3 Å². The summed E-state index contributed by atoms with van der Waals surface area (Å²) in [4.78, 5) is 25.5. The third-order valence-corrected chi connectivity index (χ3v) is 4.38. The molecule has 0 saturated heterocycles. The van der Waals surface area contributed by atoms with E-state index < -0.39 is 5.91 Å². The van der Waals surface area contributed by atoms with Crippen molar-refractivity contribution in [3.63, 3.8) is 0 Å². The number of ether oxygens (including phenoxy) is 3. The molecule has 0 saturated carbocycles. The lowest BCUT2D eigenvalue weighted by molar-refractivity contribution is 0.102. The maximum absolute atomic E-state index is 12.8. The van der Waals surface area contributed by atoms with Gasteiger partial charge in [-0.3, -0.25) is 9.59 Å². The van der Waals surface area contributed by atoms with E-state index in [-0.39, 0.29) is 11.1 Å². The van der Waals surface area contributed by atoms with Crippen LogP contribution in [0.2, 0.25) is 0 Å². The van der Waals surface area contributed by atoms with E-state index in [2.05, 4.69) is 5.32 Å². The van der Waals surface area contributed by atoms with Crippen LogP contribution < -0.4 is 25.1 Å². The number of hydrogen-bond acceptors (Lipinski definition) is 5. The summed E-state index contributed by atoms with van der Waals surface area (Å²) in [6.07, 6.45) is 1.66. The first-order chi connectivity index (χ1) is 14.1.